The quantitative estimate of drug-likeness (QED) is 0.729. The first-order valence-electron chi connectivity index (χ1n) is 8.55. The molecule has 1 aliphatic rings. The minimum absolute atomic E-state index is 0.0115. The summed E-state index contributed by atoms with van der Waals surface area (Å²) < 4.78 is 10.4. The van der Waals surface area contributed by atoms with Crippen molar-refractivity contribution >= 4 is 29.2 Å². The lowest BCUT2D eigenvalue weighted by Gasteiger charge is -2.29. The lowest BCUT2D eigenvalue weighted by Crippen LogP contribution is -2.40. The molecular formula is C20H20N2O5. The van der Waals surface area contributed by atoms with Crippen LogP contribution in [0.2, 0.25) is 0 Å². The zero-order chi connectivity index (χ0) is 19.2. The molecule has 7 heteroatoms. The van der Waals surface area contributed by atoms with Gasteiger partial charge in [0.05, 0.1) is 12.1 Å². The summed E-state index contributed by atoms with van der Waals surface area (Å²) in [4.78, 5) is 39.1. The first-order chi connectivity index (χ1) is 13.1. The van der Waals surface area contributed by atoms with E-state index in [2.05, 4.69) is 0 Å². The summed E-state index contributed by atoms with van der Waals surface area (Å²) in [6, 6.07) is 16.2. The number of ether oxygens (including phenoxy) is 2. The van der Waals surface area contributed by atoms with E-state index in [0.29, 0.717) is 17.1 Å². The molecule has 0 spiro atoms. The molecule has 27 heavy (non-hydrogen) atoms. The maximum atomic E-state index is 12.1. The van der Waals surface area contributed by atoms with Crippen molar-refractivity contribution in [1.29, 1.82) is 0 Å². The highest BCUT2D eigenvalue weighted by Gasteiger charge is 2.25. The molecule has 3 rings (SSSR count). The Morgan fingerprint density at radius 2 is 1.81 bits per heavy atom. The molecule has 0 radical (unpaired) electrons. The van der Waals surface area contributed by atoms with Crippen LogP contribution in [0.5, 0.6) is 5.75 Å². The summed E-state index contributed by atoms with van der Waals surface area (Å²) in [7, 11) is 1.62. The molecule has 1 aliphatic heterocycles. The van der Waals surface area contributed by atoms with Gasteiger partial charge in [-0.2, -0.15) is 0 Å². The SMILES string of the molecule is CN(C(=O)COC(=O)CCN1C(=O)COc2ccccc21)c1ccccc1. The highest BCUT2D eigenvalue weighted by Crippen LogP contribution is 2.31. The number of likely N-dealkylation sites (N-methyl/N-ethyl adjacent to an activating group) is 1. The zero-order valence-electron chi connectivity index (χ0n) is 15.0. The van der Waals surface area contributed by atoms with Crippen LogP contribution >= 0.6 is 0 Å². The second kappa shape index (κ2) is 8.35. The van der Waals surface area contributed by atoms with E-state index in [9.17, 15) is 14.4 Å². The van der Waals surface area contributed by atoms with E-state index in [1.807, 2.05) is 24.3 Å². The molecule has 2 aromatic carbocycles. The van der Waals surface area contributed by atoms with E-state index >= 15 is 0 Å². The van der Waals surface area contributed by atoms with Gasteiger partial charge >= 0.3 is 5.97 Å². The van der Waals surface area contributed by atoms with Crippen LogP contribution < -0.4 is 14.5 Å². The monoisotopic (exact) mass is 368 g/mol. The number of fused-ring (bicyclic) bond motifs is 1. The minimum Gasteiger partial charge on any atom is -0.482 e. The fraction of sp³-hybridized carbons (Fsp3) is 0.250. The maximum Gasteiger partial charge on any atom is 0.308 e. The van der Waals surface area contributed by atoms with Crippen LogP contribution in [0.15, 0.2) is 54.6 Å². The molecule has 140 valence electrons. The molecule has 0 atom stereocenters. The number of esters is 1. The molecule has 0 N–H and O–H groups in total. The molecule has 0 unspecified atom stereocenters. The van der Waals surface area contributed by atoms with Crippen LogP contribution in [-0.4, -0.2) is 44.6 Å². The van der Waals surface area contributed by atoms with E-state index in [1.54, 1.807) is 37.4 Å². The Balaban J connectivity index is 1.50. The van der Waals surface area contributed by atoms with Crippen molar-refractivity contribution < 1.29 is 23.9 Å². The Bertz CT molecular complexity index is 837. The van der Waals surface area contributed by atoms with Gasteiger partial charge in [-0.05, 0) is 24.3 Å². The van der Waals surface area contributed by atoms with Crippen LogP contribution in [0, 0.1) is 0 Å². The summed E-state index contributed by atoms with van der Waals surface area (Å²) in [5.41, 5.74) is 1.34. The standard InChI is InChI=1S/C20H20N2O5/c1-21(15-7-3-2-4-8-15)18(23)13-27-20(25)11-12-22-16-9-5-6-10-17(16)26-14-19(22)24/h2-10H,11-14H2,1H3. The van der Waals surface area contributed by atoms with Crippen molar-refractivity contribution in [1.82, 2.24) is 0 Å². The first-order valence-corrected chi connectivity index (χ1v) is 8.55. The summed E-state index contributed by atoms with van der Waals surface area (Å²) in [6.07, 6.45) is -0.0115. The van der Waals surface area contributed by atoms with Crippen molar-refractivity contribution in [2.45, 2.75) is 6.42 Å². The molecule has 0 saturated carbocycles. The van der Waals surface area contributed by atoms with Gasteiger partial charge in [-0.15, -0.1) is 0 Å². The first kappa shape index (κ1) is 18.4. The highest BCUT2D eigenvalue weighted by atomic mass is 16.5. The van der Waals surface area contributed by atoms with Crippen molar-refractivity contribution in [3.05, 3.63) is 54.6 Å². The van der Waals surface area contributed by atoms with E-state index < -0.39 is 5.97 Å². The maximum absolute atomic E-state index is 12.1. The Morgan fingerprint density at radius 3 is 2.59 bits per heavy atom. The van der Waals surface area contributed by atoms with Gasteiger partial charge < -0.3 is 19.3 Å². The van der Waals surface area contributed by atoms with Crippen LogP contribution in [0.3, 0.4) is 0 Å². The lowest BCUT2D eigenvalue weighted by atomic mass is 10.2. The molecule has 2 amide bonds. The summed E-state index contributed by atoms with van der Waals surface area (Å²) in [5, 5.41) is 0. The van der Waals surface area contributed by atoms with Gasteiger partial charge in [-0.25, -0.2) is 0 Å². The zero-order valence-corrected chi connectivity index (χ0v) is 15.0. The third-order valence-corrected chi connectivity index (χ3v) is 4.22. The van der Waals surface area contributed by atoms with Crippen LogP contribution in [-0.2, 0) is 19.1 Å². The highest BCUT2D eigenvalue weighted by molar-refractivity contribution is 5.98. The molecule has 0 aromatic heterocycles. The van der Waals surface area contributed by atoms with Gasteiger partial charge in [-0.3, -0.25) is 14.4 Å². The molecule has 0 bridgehead atoms. The lowest BCUT2D eigenvalue weighted by molar-refractivity contribution is -0.147. The molecule has 2 aromatic rings. The van der Waals surface area contributed by atoms with Gasteiger partial charge in [0.25, 0.3) is 11.8 Å². The second-order valence-electron chi connectivity index (χ2n) is 6.00. The van der Waals surface area contributed by atoms with Gasteiger partial charge in [0.1, 0.15) is 5.75 Å². The van der Waals surface area contributed by atoms with Gasteiger partial charge in [0.2, 0.25) is 0 Å². The third-order valence-electron chi connectivity index (χ3n) is 4.22. The molecular weight excluding hydrogens is 348 g/mol. The third kappa shape index (κ3) is 4.44. The van der Waals surface area contributed by atoms with Crippen molar-refractivity contribution in [2.75, 3.05) is 36.6 Å². The largest absolute Gasteiger partial charge is 0.482 e. The number of benzene rings is 2. The van der Waals surface area contributed by atoms with E-state index in [1.165, 1.54) is 9.80 Å². The second-order valence-corrected chi connectivity index (χ2v) is 6.00. The van der Waals surface area contributed by atoms with Gasteiger partial charge in [0, 0.05) is 19.3 Å². The fourth-order valence-corrected chi connectivity index (χ4v) is 2.71. The predicted molar refractivity (Wildman–Crippen MR) is 99.7 cm³/mol. The molecule has 0 saturated heterocycles. The molecule has 7 nitrogen and oxygen atoms in total. The van der Waals surface area contributed by atoms with E-state index in [-0.39, 0.29) is 38.0 Å². The Hall–Kier alpha value is -3.35. The van der Waals surface area contributed by atoms with E-state index in [0.717, 1.165) is 0 Å². The van der Waals surface area contributed by atoms with Gasteiger partial charge in [-0.1, -0.05) is 30.3 Å². The number of hydrogen-bond acceptors (Lipinski definition) is 5. The summed E-state index contributed by atoms with van der Waals surface area (Å²) in [5.74, 6) is -0.490. The Labute approximate surface area is 157 Å². The number of carbonyl (C=O) groups is 3. The number of nitrogens with zero attached hydrogens (tertiary/aromatic N) is 2. The molecule has 0 aliphatic carbocycles. The van der Waals surface area contributed by atoms with Crippen LogP contribution in [0.4, 0.5) is 11.4 Å². The van der Waals surface area contributed by atoms with Gasteiger partial charge in [0.15, 0.2) is 13.2 Å². The number of amides is 2. The minimum atomic E-state index is -0.540. The van der Waals surface area contributed by atoms with Crippen LogP contribution in [0.1, 0.15) is 6.42 Å². The van der Waals surface area contributed by atoms with Crippen molar-refractivity contribution in [3.63, 3.8) is 0 Å². The number of anilines is 2. The number of para-hydroxylation sites is 3. The molecule has 0 fully saturated rings. The predicted octanol–water partition coefficient (Wildman–Crippen LogP) is 2.01. The van der Waals surface area contributed by atoms with Crippen molar-refractivity contribution in [3.8, 4) is 5.75 Å². The average Bonchev–Trinajstić information content (AvgIpc) is 2.71. The normalized spacial score (nSPS) is 12.8. The topological polar surface area (TPSA) is 76.2 Å². The van der Waals surface area contributed by atoms with Crippen molar-refractivity contribution in [2.24, 2.45) is 0 Å². The van der Waals surface area contributed by atoms with E-state index in [4.69, 9.17) is 9.47 Å². The summed E-state index contributed by atoms with van der Waals surface area (Å²) in [6.45, 7) is -0.245. The Kier molecular flexibility index (Phi) is 5.71. The molecule has 1 heterocycles. The number of hydrogen-bond donors (Lipinski definition) is 0. The number of carbonyl (C=O) groups excluding carboxylic acids is 3. The van der Waals surface area contributed by atoms with Crippen LogP contribution in [0.25, 0.3) is 0 Å². The smallest absolute Gasteiger partial charge is 0.308 e. The fourth-order valence-electron chi connectivity index (χ4n) is 2.71. The average molecular weight is 368 g/mol. The summed E-state index contributed by atoms with van der Waals surface area (Å²) >= 11 is 0. The number of rotatable bonds is 6. The Morgan fingerprint density at radius 1 is 1.11 bits per heavy atom.